The van der Waals surface area contributed by atoms with Crippen molar-refractivity contribution < 1.29 is 34.8 Å². The van der Waals surface area contributed by atoms with Crippen molar-refractivity contribution in [2.24, 2.45) is 27.6 Å². The molecule has 0 bridgehead atoms. The van der Waals surface area contributed by atoms with Gasteiger partial charge in [0.2, 0.25) is 0 Å². The third kappa shape index (κ3) is 6.32. The van der Waals surface area contributed by atoms with Gasteiger partial charge in [0.15, 0.2) is 5.60 Å². The Labute approximate surface area is 206 Å². The summed E-state index contributed by atoms with van der Waals surface area (Å²) < 4.78 is 0. The summed E-state index contributed by atoms with van der Waals surface area (Å²) in [5, 5.41) is 43.6. The summed E-state index contributed by atoms with van der Waals surface area (Å²) >= 11 is 0. The molecule has 0 saturated heterocycles. The van der Waals surface area contributed by atoms with Gasteiger partial charge in [-0.25, -0.2) is 4.79 Å². The number of rotatable bonds is 17. The van der Waals surface area contributed by atoms with Crippen LogP contribution >= 0.6 is 0 Å². The van der Waals surface area contributed by atoms with Crippen molar-refractivity contribution in [3.05, 3.63) is 0 Å². The quantitative estimate of drug-likeness (QED) is 0.192. The molecule has 0 aliphatic rings. The maximum absolute atomic E-state index is 13.2. The van der Waals surface area contributed by atoms with Gasteiger partial charge in [-0.15, -0.1) is 0 Å². The van der Waals surface area contributed by atoms with E-state index in [0.29, 0.717) is 38.5 Å². The molecule has 0 radical (unpaired) electrons. The fourth-order valence-corrected chi connectivity index (χ4v) is 5.24. The van der Waals surface area contributed by atoms with Gasteiger partial charge in [-0.1, -0.05) is 101 Å². The highest BCUT2D eigenvalue weighted by molar-refractivity contribution is 5.93. The monoisotopic (exact) mass is 486 g/mol. The first-order chi connectivity index (χ1) is 15.5. The van der Waals surface area contributed by atoms with Crippen LogP contribution in [0.5, 0.6) is 0 Å². The normalized spacial score (nSPS) is 16.1. The zero-order chi connectivity index (χ0) is 27.2. The highest BCUT2D eigenvalue weighted by atomic mass is 16.4. The summed E-state index contributed by atoms with van der Waals surface area (Å²) in [6.45, 7) is 17.1. The molecule has 0 spiro atoms. The molecule has 2 atom stereocenters. The molecule has 0 amide bonds. The van der Waals surface area contributed by atoms with Crippen molar-refractivity contribution >= 4 is 17.9 Å². The highest BCUT2D eigenvalue weighted by Gasteiger charge is 2.68. The molecule has 7 nitrogen and oxygen atoms in total. The van der Waals surface area contributed by atoms with E-state index in [1.165, 1.54) is 0 Å². The molecule has 0 saturated carbocycles. The first-order valence-electron chi connectivity index (χ1n) is 12.9. The number of carboxylic acid groups (broad SMARTS) is 3. The minimum Gasteiger partial charge on any atom is -0.481 e. The van der Waals surface area contributed by atoms with Crippen LogP contribution in [0.15, 0.2) is 0 Å². The zero-order valence-corrected chi connectivity index (χ0v) is 23.0. The molecular weight excluding hydrogens is 436 g/mol. The predicted molar refractivity (Wildman–Crippen MR) is 134 cm³/mol. The van der Waals surface area contributed by atoms with Crippen molar-refractivity contribution in [3.63, 3.8) is 0 Å². The van der Waals surface area contributed by atoms with Gasteiger partial charge in [0.25, 0.3) is 0 Å². The van der Waals surface area contributed by atoms with E-state index in [2.05, 4.69) is 0 Å². The van der Waals surface area contributed by atoms with E-state index in [4.69, 9.17) is 0 Å². The molecule has 0 aliphatic heterocycles. The van der Waals surface area contributed by atoms with Gasteiger partial charge in [-0.05, 0) is 35.5 Å². The maximum Gasteiger partial charge on any atom is 0.337 e. The lowest BCUT2D eigenvalue weighted by Gasteiger charge is -2.52. The minimum atomic E-state index is -2.99. The van der Waals surface area contributed by atoms with Crippen LogP contribution in [0, 0.1) is 27.6 Å². The fraction of sp³-hybridized carbons (Fsp3) is 0.889. The van der Waals surface area contributed by atoms with Crippen LogP contribution in [0.1, 0.15) is 120 Å². The molecule has 0 heterocycles. The second-order valence-electron chi connectivity index (χ2n) is 11.5. The molecule has 0 aromatic carbocycles. The lowest BCUT2D eigenvalue weighted by molar-refractivity contribution is -0.217. The molecule has 7 heteroatoms. The van der Waals surface area contributed by atoms with Gasteiger partial charge >= 0.3 is 17.9 Å². The minimum absolute atomic E-state index is 0.126. The largest absolute Gasteiger partial charge is 0.481 e. The molecule has 2 unspecified atom stereocenters. The SMILES string of the molecule is CCC(C)(CC)CC(C(=O)O)C(O)(C(=O)O)C(CC(C)(CC)CC)(CC(C)(CC)CC)C(=O)O. The Bertz CT molecular complexity index is 682. The molecule has 0 aliphatic carbocycles. The van der Waals surface area contributed by atoms with Crippen molar-refractivity contribution in [2.75, 3.05) is 0 Å². The molecule has 34 heavy (non-hydrogen) atoms. The second kappa shape index (κ2) is 11.9. The van der Waals surface area contributed by atoms with E-state index in [-0.39, 0.29) is 19.3 Å². The van der Waals surface area contributed by atoms with Gasteiger partial charge in [-0.2, -0.15) is 0 Å². The third-order valence-electron chi connectivity index (χ3n) is 9.54. The smallest absolute Gasteiger partial charge is 0.337 e. The van der Waals surface area contributed by atoms with Crippen LogP contribution in [-0.2, 0) is 14.4 Å². The lowest BCUT2D eigenvalue weighted by Crippen LogP contribution is -2.66. The third-order valence-corrected chi connectivity index (χ3v) is 9.54. The van der Waals surface area contributed by atoms with E-state index in [1.54, 1.807) is 0 Å². The summed E-state index contributed by atoms with van der Waals surface area (Å²) in [6.07, 6.45) is 3.06. The summed E-state index contributed by atoms with van der Waals surface area (Å²) in [6, 6.07) is 0. The van der Waals surface area contributed by atoms with Crippen molar-refractivity contribution in [1.29, 1.82) is 0 Å². The van der Waals surface area contributed by atoms with E-state index in [9.17, 15) is 34.8 Å². The zero-order valence-electron chi connectivity index (χ0n) is 23.0. The van der Waals surface area contributed by atoms with Gasteiger partial charge in [0.05, 0.1) is 5.92 Å². The average Bonchev–Trinajstić information content (AvgIpc) is 2.80. The molecular formula is C27H50O7. The van der Waals surface area contributed by atoms with Crippen LogP contribution in [0.4, 0.5) is 0 Å². The van der Waals surface area contributed by atoms with Gasteiger partial charge in [-0.3, -0.25) is 9.59 Å². The molecule has 0 rings (SSSR count). The van der Waals surface area contributed by atoms with Crippen molar-refractivity contribution in [2.45, 2.75) is 126 Å². The van der Waals surface area contributed by atoms with E-state index in [0.717, 1.165) is 0 Å². The summed E-state index contributed by atoms with van der Waals surface area (Å²) in [7, 11) is 0. The summed E-state index contributed by atoms with van der Waals surface area (Å²) in [4.78, 5) is 38.8. The average molecular weight is 487 g/mol. The van der Waals surface area contributed by atoms with Crippen LogP contribution in [0.2, 0.25) is 0 Å². The van der Waals surface area contributed by atoms with E-state index in [1.807, 2.05) is 62.3 Å². The first kappa shape index (κ1) is 32.4. The number of aliphatic hydroxyl groups is 1. The number of carbonyl (C=O) groups is 3. The predicted octanol–water partition coefficient (Wildman–Crippen LogP) is 6.22. The Balaban J connectivity index is 7.52. The Morgan fingerprint density at radius 2 is 0.941 bits per heavy atom. The number of hydrogen-bond acceptors (Lipinski definition) is 4. The van der Waals surface area contributed by atoms with Crippen LogP contribution in [-0.4, -0.2) is 43.9 Å². The summed E-state index contributed by atoms with van der Waals surface area (Å²) in [5.41, 5.74) is -6.92. The Kier molecular flexibility index (Phi) is 11.3. The highest BCUT2D eigenvalue weighted by Crippen LogP contribution is 2.56. The molecule has 0 fully saturated rings. The fourth-order valence-electron chi connectivity index (χ4n) is 5.24. The van der Waals surface area contributed by atoms with E-state index >= 15 is 0 Å². The van der Waals surface area contributed by atoms with Crippen LogP contribution in [0.25, 0.3) is 0 Å². The maximum atomic E-state index is 13.2. The van der Waals surface area contributed by atoms with E-state index < -0.39 is 51.1 Å². The number of aliphatic carboxylic acids is 3. The summed E-state index contributed by atoms with van der Waals surface area (Å²) in [5.74, 6) is -6.48. The second-order valence-corrected chi connectivity index (χ2v) is 11.5. The topological polar surface area (TPSA) is 132 Å². The number of hydrogen-bond donors (Lipinski definition) is 4. The van der Waals surface area contributed by atoms with Crippen molar-refractivity contribution in [3.8, 4) is 0 Å². The van der Waals surface area contributed by atoms with Crippen molar-refractivity contribution in [1.82, 2.24) is 0 Å². The molecule has 4 N–H and O–H groups in total. The first-order valence-corrected chi connectivity index (χ1v) is 12.9. The lowest BCUT2D eigenvalue weighted by atomic mass is 9.51. The Morgan fingerprint density at radius 1 is 0.618 bits per heavy atom. The molecule has 200 valence electrons. The molecule has 0 aromatic rings. The molecule has 0 aromatic heterocycles. The standard InChI is InChI=1S/C27H50O7/c1-10-23(7,11-2)16-19(20(28)29)27(34,22(32)33)26(21(30)31,17-24(8,12-3)13-4)18-25(9,14-5)15-6/h19,34H,10-18H2,1-9H3,(H,28,29)(H,30,31)(H,32,33). The van der Waals surface area contributed by atoms with Gasteiger partial charge in [0, 0.05) is 0 Å². The Hall–Kier alpha value is -1.63. The van der Waals surface area contributed by atoms with Crippen LogP contribution < -0.4 is 0 Å². The van der Waals surface area contributed by atoms with Crippen LogP contribution in [0.3, 0.4) is 0 Å². The number of carboxylic acids is 3. The van der Waals surface area contributed by atoms with Gasteiger partial charge < -0.3 is 20.4 Å². The Morgan fingerprint density at radius 3 is 1.15 bits per heavy atom. The van der Waals surface area contributed by atoms with Gasteiger partial charge in [0.1, 0.15) is 5.41 Å².